The van der Waals surface area contributed by atoms with E-state index >= 15 is 0 Å². The van der Waals surface area contributed by atoms with E-state index in [-0.39, 0.29) is 5.75 Å². The van der Waals surface area contributed by atoms with Crippen molar-refractivity contribution in [2.45, 2.75) is 64.7 Å². The maximum Gasteiger partial charge on any atom is 0.201 e. The summed E-state index contributed by atoms with van der Waals surface area (Å²) in [6.45, 7) is 4.40. The fraction of sp³-hybridized carbons (Fsp3) is 0.538. The smallest absolute Gasteiger partial charge is 0.201 e. The van der Waals surface area contributed by atoms with Crippen molar-refractivity contribution >= 4 is 0 Å². The van der Waals surface area contributed by atoms with Crippen LogP contribution >= 0.6 is 0 Å². The third kappa shape index (κ3) is 4.20. The van der Waals surface area contributed by atoms with E-state index in [1.165, 1.54) is 56.6 Å². The Morgan fingerprint density at radius 2 is 1.55 bits per heavy atom. The number of halogens is 2. The molecule has 2 aromatic rings. The zero-order valence-corrected chi connectivity index (χ0v) is 17.6. The average molecular weight is 399 g/mol. The molecule has 0 amide bonds. The SMILES string of the molecule is CCOc1ccc(-c2ccc([C@@H]3CC[C@@H]4CC(CC)CC[C@@H]4C3)cc2)c(F)c1F. The van der Waals surface area contributed by atoms with Gasteiger partial charge in [-0.3, -0.25) is 0 Å². The minimum absolute atomic E-state index is 0.0278. The van der Waals surface area contributed by atoms with Gasteiger partial charge in [-0.2, -0.15) is 4.39 Å². The fourth-order valence-corrected chi connectivity index (χ4v) is 5.62. The van der Waals surface area contributed by atoms with Crippen LogP contribution in [0.5, 0.6) is 5.75 Å². The molecule has 0 N–H and O–H groups in total. The van der Waals surface area contributed by atoms with Crippen LogP contribution in [0, 0.1) is 29.4 Å². The van der Waals surface area contributed by atoms with Gasteiger partial charge in [0.05, 0.1) is 6.61 Å². The van der Waals surface area contributed by atoms with E-state index in [1.54, 1.807) is 13.0 Å². The minimum atomic E-state index is -0.908. The van der Waals surface area contributed by atoms with Gasteiger partial charge in [-0.05, 0) is 86.0 Å². The highest BCUT2D eigenvalue weighted by Gasteiger charge is 2.35. The quantitative estimate of drug-likeness (QED) is 0.500. The summed E-state index contributed by atoms with van der Waals surface area (Å²) in [5.41, 5.74) is 2.35. The van der Waals surface area contributed by atoms with Crippen LogP contribution in [-0.2, 0) is 0 Å². The van der Waals surface area contributed by atoms with E-state index in [4.69, 9.17) is 4.74 Å². The molecule has 0 aliphatic heterocycles. The first-order valence-corrected chi connectivity index (χ1v) is 11.3. The summed E-state index contributed by atoms with van der Waals surface area (Å²) in [6.07, 6.45) is 9.41. The van der Waals surface area contributed by atoms with Gasteiger partial charge in [0.25, 0.3) is 0 Å². The average Bonchev–Trinajstić information content (AvgIpc) is 2.76. The molecule has 156 valence electrons. The van der Waals surface area contributed by atoms with Crippen molar-refractivity contribution in [3.63, 3.8) is 0 Å². The Balaban J connectivity index is 1.47. The highest BCUT2D eigenvalue weighted by molar-refractivity contribution is 5.65. The molecule has 1 unspecified atom stereocenters. The normalized spacial score (nSPS) is 26.8. The molecule has 0 aromatic heterocycles. The molecule has 0 radical (unpaired) electrons. The van der Waals surface area contributed by atoms with Crippen molar-refractivity contribution in [3.05, 3.63) is 53.6 Å². The zero-order valence-electron chi connectivity index (χ0n) is 17.6. The summed E-state index contributed by atoms with van der Waals surface area (Å²) in [5.74, 6) is 1.56. The molecule has 2 aromatic carbocycles. The van der Waals surface area contributed by atoms with Crippen molar-refractivity contribution in [2.75, 3.05) is 6.61 Å². The molecule has 4 atom stereocenters. The lowest BCUT2D eigenvalue weighted by Crippen LogP contribution is -2.30. The van der Waals surface area contributed by atoms with Crippen molar-refractivity contribution in [1.82, 2.24) is 0 Å². The summed E-state index contributed by atoms with van der Waals surface area (Å²) in [4.78, 5) is 0. The zero-order chi connectivity index (χ0) is 20.4. The van der Waals surface area contributed by atoms with E-state index in [9.17, 15) is 8.78 Å². The summed E-state index contributed by atoms with van der Waals surface area (Å²) in [5, 5.41) is 0. The van der Waals surface area contributed by atoms with Crippen LogP contribution in [0.25, 0.3) is 11.1 Å². The summed E-state index contributed by atoms with van der Waals surface area (Å²) in [7, 11) is 0. The Hall–Kier alpha value is -1.90. The van der Waals surface area contributed by atoms with Crippen molar-refractivity contribution in [3.8, 4) is 16.9 Å². The molecule has 0 bridgehead atoms. The van der Waals surface area contributed by atoms with Gasteiger partial charge in [0.2, 0.25) is 5.82 Å². The van der Waals surface area contributed by atoms with Crippen LogP contribution < -0.4 is 4.74 Å². The van der Waals surface area contributed by atoms with E-state index in [0.717, 1.165) is 17.8 Å². The van der Waals surface area contributed by atoms with Gasteiger partial charge in [0.15, 0.2) is 11.6 Å². The van der Waals surface area contributed by atoms with Gasteiger partial charge >= 0.3 is 0 Å². The van der Waals surface area contributed by atoms with Crippen molar-refractivity contribution in [1.29, 1.82) is 0 Å². The highest BCUT2D eigenvalue weighted by Crippen LogP contribution is 2.48. The van der Waals surface area contributed by atoms with Crippen LogP contribution in [0.15, 0.2) is 36.4 Å². The van der Waals surface area contributed by atoms with Gasteiger partial charge in [0, 0.05) is 5.56 Å². The number of rotatable bonds is 5. The fourth-order valence-electron chi connectivity index (χ4n) is 5.62. The van der Waals surface area contributed by atoms with E-state index in [0.29, 0.717) is 23.7 Å². The molecular formula is C26H32F2O. The topological polar surface area (TPSA) is 9.23 Å². The van der Waals surface area contributed by atoms with Crippen LogP contribution in [0.3, 0.4) is 0 Å². The van der Waals surface area contributed by atoms with Crippen LogP contribution in [0.2, 0.25) is 0 Å². The third-order valence-corrected chi connectivity index (χ3v) is 7.34. The summed E-state index contributed by atoms with van der Waals surface area (Å²) >= 11 is 0. The van der Waals surface area contributed by atoms with Gasteiger partial charge in [-0.15, -0.1) is 0 Å². The monoisotopic (exact) mass is 398 g/mol. The highest BCUT2D eigenvalue weighted by atomic mass is 19.2. The molecule has 0 heterocycles. The van der Waals surface area contributed by atoms with Gasteiger partial charge in [-0.1, -0.05) is 44.0 Å². The van der Waals surface area contributed by atoms with Gasteiger partial charge < -0.3 is 4.74 Å². The molecule has 2 saturated carbocycles. The van der Waals surface area contributed by atoms with Crippen LogP contribution in [-0.4, -0.2) is 6.61 Å². The summed E-state index contributed by atoms with van der Waals surface area (Å²) < 4.78 is 33.9. The van der Waals surface area contributed by atoms with Crippen LogP contribution in [0.4, 0.5) is 8.78 Å². The first-order chi connectivity index (χ1) is 14.1. The maximum atomic E-state index is 14.5. The molecule has 2 aliphatic rings. The Morgan fingerprint density at radius 3 is 2.28 bits per heavy atom. The number of hydrogen-bond donors (Lipinski definition) is 0. The molecule has 0 saturated heterocycles. The lowest BCUT2D eigenvalue weighted by atomic mass is 9.63. The van der Waals surface area contributed by atoms with Crippen molar-refractivity contribution in [2.24, 2.45) is 17.8 Å². The predicted molar refractivity (Wildman–Crippen MR) is 114 cm³/mol. The second kappa shape index (κ2) is 8.85. The first kappa shape index (κ1) is 20.4. The Morgan fingerprint density at radius 1 is 0.828 bits per heavy atom. The molecule has 1 nitrogen and oxygen atoms in total. The number of fused-ring (bicyclic) bond motifs is 1. The molecule has 2 aliphatic carbocycles. The summed E-state index contributed by atoms with van der Waals surface area (Å²) in [6, 6.07) is 11.2. The van der Waals surface area contributed by atoms with Gasteiger partial charge in [0.1, 0.15) is 0 Å². The van der Waals surface area contributed by atoms with E-state index < -0.39 is 11.6 Å². The Bertz CT molecular complexity index is 829. The molecule has 2 fully saturated rings. The maximum absolute atomic E-state index is 14.5. The molecular weight excluding hydrogens is 366 g/mol. The molecule has 29 heavy (non-hydrogen) atoms. The van der Waals surface area contributed by atoms with E-state index in [2.05, 4.69) is 19.1 Å². The second-order valence-corrected chi connectivity index (χ2v) is 8.91. The third-order valence-electron chi connectivity index (χ3n) is 7.34. The lowest BCUT2D eigenvalue weighted by Gasteiger charge is -2.42. The number of ether oxygens (including phenoxy) is 1. The second-order valence-electron chi connectivity index (χ2n) is 8.91. The van der Waals surface area contributed by atoms with Gasteiger partial charge in [-0.25, -0.2) is 4.39 Å². The molecule has 0 spiro atoms. The largest absolute Gasteiger partial charge is 0.491 e. The Kier molecular flexibility index (Phi) is 6.22. The molecule has 3 heteroatoms. The first-order valence-electron chi connectivity index (χ1n) is 11.3. The van der Waals surface area contributed by atoms with Crippen LogP contribution in [0.1, 0.15) is 70.3 Å². The lowest BCUT2D eigenvalue weighted by molar-refractivity contribution is 0.116. The van der Waals surface area contributed by atoms with Crippen molar-refractivity contribution < 1.29 is 13.5 Å². The number of hydrogen-bond acceptors (Lipinski definition) is 1. The minimum Gasteiger partial charge on any atom is -0.491 e. The Labute approximate surface area is 173 Å². The molecule has 4 rings (SSSR count). The van der Waals surface area contributed by atoms with E-state index in [1.807, 2.05) is 12.1 Å². The standard InChI is InChI=1S/C26H32F2O/c1-3-17-5-6-22-16-21(12-11-20(22)15-17)18-7-9-19(10-8-18)23-13-14-24(29-4-2)26(28)25(23)27/h7-10,13-14,17,20-22H,3-6,11-12,15-16H2,1-2H3/t17?,20-,21-,22-/m1/s1. The number of benzene rings is 2. The predicted octanol–water partition coefficient (Wildman–Crippen LogP) is 7.74.